The lowest BCUT2D eigenvalue weighted by molar-refractivity contribution is 0.0509. The van der Waals surface area contributed by atoms with E-state index in [0.29, 0.717) is 5.56 Å². The Kier molecular flexibility index (Phi) is 5.69. The molecule has 0 atom stereocenters. The average molecular weight is 272 g/mol. The van der Waals surface area contributed by atoms with Gasteiger partial charge >= 0.3 is 0 Å². The summed E-state index contributed by atoms with van der Waals surface area (Å²) in [4.78, 5) is 14.8. The summed E-state index contributed by atoms with van der Waals surface area (Å²) in [6, 6.07) is 6.67. The van der Waals surface area contributed by atoms with Gasteiger partial charge in [0.05, 0.1) is 13.2 Å². The van der Waals surface area contributed by atoms with Crippen molar-refractivity contribution in [3.05, 3.63) is 29.8 Å². The summed E-state index contributed by atoms with van der Waals surface area (Å²) < 4.78 is 24.7. The van der Waals surface area contributed by atoms with Crippen molar-refractivity contribution in [1.82, 2.24) is 4.90 Å². The molecule has 1 aromatic rings. The minimum absolute atomic E-state index is 0.0986. The number of rotatable bonds is 6. The highest BCUT2D eigenvalue weighted by atomic mass is 19.3. The van der Waals surface area contributed by atoms with Crippen molar-refractivity contribution in [1.29, 1.82) is 0 Å². The number of hydrogen-bond donors (Lipinski definition) is 1. The maximum absolute atomic E-state index is 12.4. The van der Waals surface area contributed by atoms with Crippen molar-refractivity contribution >= 4 is 11.6 Å². The van der Waals surface area contributed by atoms with Gasteiger partial charge in [0.15, 0.2) is 0 Å². The fourth-order valence-electron chi connectivity index (χ4n) is 1.65. The number of aliphatic hydroxyl groups is 1. The molecule has 106 valence electrons. The highest BCUT2D eigenvalue weighted by molar-refractivity contribution is 5.94. The lowest BCUT2D eigenvalue weighted by Gasteiger charge is -2.21. The topological polar surface area (TPSA) is 43.8 Å². The first-order valence-corrected chi connectivity index (χ1v) is 5.91. The van der Waals surface area contributed by atoms with Crippen molar-refractivity contribution in [2.75, 3.05) is 38.7 Å². The van der Waals surface area contributed by atoms with Crippen molar-refractivity contribution in [3.63, 3.8) is 0 Å². The van der Waals surface area contributed by atoms with Crippen LogP contribution in [-0.2, 0) is 0 Å². The second-order valence-electron chi connectivity index (χ2n) is 4.31. The molecular weight excluding hydrogens is 254 g/mol. The molecule has 1 amide bonds. The molecular formula is C13H18F2N2O2. The number of anilines is 1. The fourth-order valence-corrected chi connectivity index (χ4v) is 1.65. The van der Waals surface area contributed by atoms with E-state index in [1.54, 1.807) is 24.3 Å². The number of carbonyl (C=O) groups excluding carboxylic acids is 1. The van der Waals surface area contributed by atoms with Crippen LogP contribution in [0.3, 0.4) is 0 Å². The molecule has 0 bridgehead atoms. The zero-order chi connectivity index (χ0) is 14.4. The highest BCUT2D eigenvalue weighted by Gasteiger charge is 2.19. The molecule has 0 aliphatic carbocycles. The van der Waals surface area contributed by atoms with Crippen LogP contribution in [-0.4, -0.2) is 56.1 Å². The normalized spacial score (nSPS) is 10.6. The zero-order valence-electron chi connectivity index (χ0n) is 11.0. The molecule has 0 aliphatic heterocycles. The van der Waals surface area contributed by atoms with E-state index < -0.39 is 18.9 Å². The third kappa shape index (κ3) is 4.48. The van der Waals surface area contributed by atoms with E-state index >= 15 is 0 Å². The zero-order valence-corrected chi connectivity index (χ0v) is 11.0. The standard InChI is InChI=1S/C13H18F2N2O2/c1-16(2)11-5-3-10(4-6-11)13(19)17(7-8-18)9-12(14)15/h3-6,12,18H,7-9H2,1-2H3. The Labute approximate surface area is 111 Å². The first-order chi connectivity index (χ1) is 8.95. The van der Waals surface area contributed by atoms with Crippen molar-refractivity contribution < 1.29 is 18.7 Å². The summed E-state index contributed by atoms with van der Waals surface area (Å²) in [5.41, 5.74) is 1.25. The molecule has 1 N–H and O–H groups in total. The quantitative estimate of drug-likeness (QED) is 0.852. The number of amides is 1. The van der Waals surface area contributed by atoms with Gasteiger partial charge in [0.1, 0.15) is 0 Å². The number of hydrogen-bond acceptors (Lipinski definition) is 3. The van der Waals surface area contributed by atoms with E-state index in [-0.39, 0.29) is 13.2 Å². The van der Waals surface area contributed by atoms with E-state index in [0.717, 1.165) is 10.6 Å². The van der Waals surface area contributed by atoms with E-state index in [1.165, 1.54) is 0 Å². The first kappa shape index (κ1) is 15.4. The van der Waals surface area contributed by atoms with Gasteiger partial charge in [-0.1, -0.05) is 0 Å². The molecule has 6 heteroatoms. The van der Waals surface area contributed by atoms with Crippen LogP contribution in [0.25, 0.3) is 0 Å². The average Bonchev–Trinajstić information content (AvgIpc) is 2.37. The summed E-state index contributed by atoms with van der Waals surface area (Å²) in [6.07, 6.45) is -2.61. The van der Waals surface area contributed by atoms with E-state index in [1.807, 2.05) is 19.0 Å². The molecule has 0 fully saturated rings. The van der Waals surface area contributed by atoms with Gasteiger partial charge in [-0.25, -0.2) is 8.78 Å². The number of benzene rings is 1. The summed E-state index contributed by atoms with van der Waals surface area (Å²) >= 11 is 0. The molecule has 19 heavy (non-hydrogen) atoms. The lowest BCUT2D eigenvalue weighted by Crippen LogP contribution is -2.37. The Balaban J connectivity index is 2.83. The Hall–Kier alpha value is -1.69. The molecule has 0 spiro atoms. The van der Waals surface area contributed by atoms with Gasteiger partial charge < -0.3 is 14.9 Å². The van der Waals surface area contributed by atoms with Crippen LogP contribution in [0.1, 0.15) is 10.4 Å². The van der Waals surface area contributed by atoms with Gasteiger partial charge in [-0.3, -0.25) is 4.79 Å². The first-order valence-electron chi connectivity index (χ1n) is 5.91. The number of aliphatic hydroxyl groups excluding tert-OH is 1. The maximum atomic E-state index is 12.4. The van der Waals surface area contributed by atoms with Crippen molar-refractivity contribution in [2.24, 2.45) is 0 Å². The molecule has 4 nitrogen and oxygen atoms in total. The molecule has 0 unspecified atom stereocenters. The van der Waals surface area contributed by atoms with Crippen molar-refractivity contribution in [2.45, 2.75) is 6.43 Å². The Morgan fingerprint density at radius 2 is 1.84 bits per heavy atom. The number of halogens is 2. The van der Waals surface area contributed by atoms with Crippen LogP contribution < -0.4 is 4.90 Å². The van der Waals surface area contributed by atoms with Crippen LogP contribution in [0.2, 0.25) is 0 Å². The van der Waals surface area contributed by atoms with Crippen LogP contribution in [0.5, 0.6) is 0 Å². The van der Waals surface area contributed by atoms with Gasteiger partial charge in [0.2, 0.25) is 0 Å². The van der Waals surface area contributed by atoms with Crippen LogP contribution >= 0.6 is 0 Å². The minimum atomic E-state index is -2.61. The maximum Gasteiger partial charge on any atom is 0.255 e. The summed E-state index contributed by atoms with van der Waals surface area (Å²) in [7, 11) is 3.73. The third-order valence-electron chi connectivity index (χ3n) is 2.65. The Morgan fingerprint density at radius 3 is 2.26 bits per heavy atom. The predicted octanol–water partition coefficient (Wildman–Crippen LogP) is 1.45. The predicted molar refractivity (Wildman–Crippen MR) is 69.8 cm³/mol. The van der Waals surface area contributed by atoms with Crippen LogP contribution in [0.15, 0.2) is 24.3 Å². The highest BCUT2D eigenvalue weighted by Crippen LogP contribution is 2.14. The summed E-state index contributed by atoms with van der Waals surface area (Å²) in [5, 5.41) is 8.82. The number of carbonyl (C=O) groups is 1. The van der Waals surface area contributed by atoms with Gasteiger partial charge in [-0.05, 0) is 24.3 Å². The molecule has 0 heterocycles. The van der Waals surface area contributed by atoms with Crippen LogP contribution in [0, 0.1) is 0 Å². The van der Waals surface area contributed by atoms with E-state index in [9.17, 15) is 13.6 Å². The lowest BCUT2D eigenvalue weighted by atomic mass is 10.1. The SMILES string of the molecule is CN(C)c1ccc(C(=O)N(CCO)CC(F)F)cc1. The second-order valence-corrected chi connectivity index (χ2v) is 4.31. The summed E-state index contributed by atoms with van der Waals surface area (Å²) in [6.45, 7) is -1.11. The number of nitrogens with zero attached hydrogens (tertiary/aromatic N) is 2. The molecule has 0 radical (unpaired) electrons. The molecule has 1 rings (SSSR count). The fraction of sp³-hybridized carbons (Fsp3) is 0.462. The summed E-state index contributed by atoms with van der Waals surface area (Å²) in [5.74, 6) is -0.500. The number of alkyl halides is 2. The second kappa shape index (κ2) is 7.04. The van der Waals surface area contributed by atoms with E-state index in [2.05, 4.69) is 0 Å². The Morgan fingerprint density at radius 1 is 1.26 bits per heavy atom. The molecule has 0 saturated heterocycles. The molecule has 0 aliphatic rings. The van der Waals surface area contributed by atoms with E-state index in [4.69, 9.17) is 5.11 Å². The van der Waals surface area contributed by atoms with Crippen molar-refractivity contribution in [3.8, 4) is 0 Å². The molecule has 0 saturated carbocycles. The largest absolute Gasteiger partial charge is 0.395 e. The monoisotopic (exact) mass is 272 g/mol. The third-order valence-corrected chi connectivity index (χ3v) is 2.65. The van der Waals surface area contributed by atoms with Gasteiger partial charge in [0.25, 0.3) is 12.3 Å². The van der Waals surface area contributed by atoms with Crippen LogP contribution in [0.4, 0.5) is 14.5 Å². The Bertz CT molecular complexity index is 408. The smallest absolute Gasteiger partial charge is 0.255 e. The minimum Gasteiger partial charge on any atom is -0.395 e. The van der Waals surface area contributed by atoms with Gasteiger partial charge in [0, 0.05) is 31.9 Å². The van der Waals surface area contributed by atoms with Gasteiger partial charge in [-0.15, -0.1) is 0 Å². The van der Waals surface area contributed by atoms with Gasteiger partial charge in [-0.2, -0.15) is 0 Å². The molecule has 1 aromatic carbocycles. The molecule has 0 aromatic heterocycles.